The Balaban J connectivity index is 1.50. The van der Waals surface area contributed by atoms with Crippen LogP contribution in [0, 0.1) is 0 Å². The van der Waals surface area contributed by atoms with Gasteiger partial charge in [0.05, 0.1) is 23.3 Å². The molecule has 0 unspecified atom stereocenters. The maximum Gasteiger partial charge on any atom is 0.259 e. The summed E-state index contributed by atoms with van der Waals surface area (Å²) in [7, 11) is 0. The van der Waals surface area contributed by atoms with Crippen molar-refractivity contribution in [3.8, 4) is 5.75 Å². The number of hydrogen-bond acceptors (Lipinski definition) is 4. The van der Waals surface area contributed by atoms with Crippen molar-refractivity contribution in [3.63, 3.8) is 0 Å². The van der Waals surface area contributed by atoms with Crippen LogP contribution in [-0.2, 0) is 11.4 Å². The molecule has 0 aliphatic carbocycles. The third kappa shape index (κ3) is 6.18. The van der Waals surface area contributed by atoms with Gasteiger partial charge in [0.15, 0.2) is 0 Å². The normalized spacial score (nSPS) is 10.6. The third-order valence-corrected chi connectivity index (χ3v) is 4.41. The first-order valence-corrected chi connectivity index (χ1v) is 9.61. The lowest BCUT2D eigenvalue weighted by atomic mass is 10.2. The molecule has 0 saturated heterocycles. The average Bonchev–Trinajstić information content (AvgIpc) is 2.78. The third-order valence-electron chi connectivity index (χ3n) is 4.08. The molecule has 0 spiro atoms. The number of ether oxygens (including phenoxy) is 1. The van der Waals surface area contributed by atoms with Crippen LogP contribution in [0.4, 0.5) is 0 Å². The Labute approximate surface area is 179 Å². The molecule has 2 N–H and O–H groups in total. The van der Waals surface area contributed by atoms with Crippen LogP contribution in [0.3, 0.4) is 0 Å². The van der Waals surface area contributed by atoms with E-state index in [-0.39, 0.29) is 6.54 Å². The van der Waals surface area contributed by atoms with Crippen molar-refractivity contribution in [2.75, 3.05) is 6.54 Å². The van der Waals surface area contributed by atoms with Gasteiger partial charge >= 0.3 is 0 Å². The largest absolute Gasteiger partial charge is 0.488 e. The lowest BCUT2D eigenvalue weighted by Gasteiger charge is -2.09. The maximum absolute atomic E-state index is 12.1. The number of benzene rings is 3. The number of halogens is 1. The number of rotatable bonds is 8. The zero-order chi connectivity index (χ0) is 21.2. The van der Waals surface area contributed by atoms with Crippen LogP contribution >= 0.6 is 11.6 Å². The molecule has 3 rings (SSSR count). The molecule has 152 valence electrons. The van der Waals surface area contributed by atoms with Gasteiger partial charge in [-0.05, 0) is 29.8 Å². The molecule has 2 amide bonds. The van der Waals surface area contributed by atoms with E-state index in [1.165, 1.54) is 6.21 Å². The van der Waals surface area contributed by atoms with E-state index in [0.29, 0.717) is 28.5 Å². The molecule has 6 nitrogen and oxygen atoms in total. The Kier molecular flexibility index (Phi) is 7.58. The summed E-state index contributed by atoms with van der Waals surface area (Å²) >= 11 is 5.97. The molecule has 0 bridgehead atoms. The van der Waals surface area contributed by atoms with E-state index < -0.39 is 11.8 Å². The lowest BCUT2D eigenvalue weighted by molar-refractivity contribution is -0.120. The van der Waals surface area contributed by atoms with E-state index in [9.17, 15) is 9.59 Å². The van der Waals surface area contributed by atoms with Crippen LogP contribution in [-0.4, -0.2) is 24.6 Å². The molecular formula is C23H20ClN3O3. The number of carbonyl (C=O) groups is 2. The van der Waals surface area contributed by atoms with Crippen LogP contribution in [0.2, 0.25) is 5.02 Å². The molecular weight excluding hydrogens is 402 g/mol. The highest BCUT2D eigenvalue weighted by Crippen LogP contribution is 2.17. The van der Waals surface area contributed by atoms with Gasteiger partial charge in [-0.3, -0.25) is 9.59 Å². The molecule has 0 aliphatic heterocycles. The van der Waals surface area contributed by atoms with E-state index in [1.54, 1.807) is 24.3 Å². The molecule has 3 aromatic carbocycles. The Morgan fingerprint density at radius 3 is 2.43 bits per heavy atom. The number of nitrogens with zero attached hydrogens (tertiary/aromatic N) is 1. The predicted octanol–water partition coefficient (Wildman–Crippen LogP) is 3.80. The van der Waals surface area contributed by atoms with Crippen molar-refractivity contribution in [2.24, 2.45) is 5.10 Å². The van der Waals surface area contributed by atoms with Gasteiger partial charge in [0.25, 0.3) is 11.8 Å². The molecule has 0 atom stereocenters. The summed E-state index contributed by atoms with van der Waals surface area (Å²) in [5.74, 6) is -0.250. The molecule has 0 aromatic heterocycles. The van der Waals surface area contributed by atoms with Crippen LogP contribution in [0.1, 0.15) is 21.5 Å². The highest BCUT2D eigenvalue weighted by molar-refractivity contribution is 6.33. The summed E-state index contributed by atoms with van der Waals surface area (Å²) in [6.07, 6.45) is 1.49. The number of hydrogen-bond donors (Lipinski definition) is 2. The average molecular weight is 422 g/mol. The SMILES string of the molecule is O=C(CNC(=O)c1ccccc1Cl)N/N=C/c1ccccc1OCc1ccccc1. The van der Waals surface area contributed by atoms with Crippen LogP contribution in [0.25, 0.3) is 0 Å². The quantitative estimate of drug-likeness (QED) is 0.429. The van der Waals surface area contributed by atoms with Crippen LogP contribution in [0.5, 0.6) is 5.75 Å². The van der Waals surface area contributed by atoms with E-state index in [2.05, 4.69) is 15.8 Å². The fraction of sp³-hybridized carbons (Fsp3) is 0.0870. The summed E-state index contributed by atoms with van der Waals surface area (Å²) in [5.41, 5.74) is 4.45. The first kappa shape index (κ1) is 21.1. The molecule has 0 saturated carbocycles. The molecule has 0 heterocycles. The smallest absolute Gasteiger partial charge is 0.259 e. The first-order chi connectivity index (χ1) is 14.6. The van der Waals surface area contributed by atoms with Gasteiger partial charge in [-0.1, -0.05) is 66.2 Å². The minimum Gasteiger partial charge on any atom is -0.488 e. The molecule has 30 heavy (non-hydrogen) atoms. The van der Waals surface area contributed by atoms with E-state index in [4.69, 9.17) is 16.3 Å². The van der Waals surface area contributed by atoms with Gasteiger partial charge < -0.3 is 10.1 Å². The second-order valence-electron chi connectivity index (χ2n) is 6.27. The molecule has 0 radical (unpaired) electrons. The molecule has 0 aliphatic rings. The van der Waals surface area contributed by atoms with Crippen LogP contribution in [0.15, 0.2) is 84.0 Å². The number of nitrogens with one attached hydrogen (secondary N) is 2. The fourth-order valence-electron chi connectivity index (χ4n) is 2.57. The standard InChI is InChI=1S/C23H20ClN3O3/c24-20-12-6-5-11-19(20)23(29)25-15-22(28)27-26-14-18-10-4-7-13-21(18)30-16-17-8-2-1-3-9-17/h1-14H,15-16H2,(H,25,29)(H,27,28)/b26-14+. The highest BCUT2D eigenvalue weighted by atomic mass is 35.5. The molecule has 0 fully saturated rings. The van der Waals surface area contributed by atoms with E-state index in [1.807, 2.05) is 54.6 Å². The number of para-hydroxylation sites is 1. The number of carbonyl (C=O) groups excluding carboxylic acids is 2. The highest BCUT2D eigenvalue weighted by Gasteiger charge is 2.10. The summed E-state index contributed by atoms with van der Waals surface area (Å²) in [6.45, 7) is 0.194. The lowest BCUT2D eigenvalue weighted by Crippen LogP contribution is -2.35. The second-order valence-corrected chi connectivity index (χ2v) is 6.68. The number of hydrazone groups is 1. The maximum atomic E-state index is 12.1. The van der Waals surface area contributed by atoms with Crippen LogP contribution < -0.4 is 15.5 Å². The Morgan fingerprint density at radius 1 is 0.933 bits per heavy atom. The zero-order valence-electron chi connectivity index (χ0n) is 16.0. The van der Waals surface area contributed by atoms with Gasteiger partial charge in [0.1, 0.15) is 12.4 Å². The van der Waals surface area contributed by atoms with Gasteiger partial charge in [-0.2, -0.15) is 5.10 Å². The molecule has 7 heteroatoms. The minimum absolute atomic E-state index is 0.229. The Hall–Kier alpha value is -3.64. The van der Waals surface area contributed by atoms with Crippen molar-refractivity contribution in [3.05, 3.63) is 101 Å². The molecule has 3 aromatic rings. The second kappa shape index (κ2) is 10.8. The summed E-state index contributed by atoms with van der Waals surface area (Å²) in [5, 5.41) is 6.77. The van der Waals surface area contributed by atoms with Crippen molar-refractivity contribution in [2.45, 2.75) is 6.61 Å². The predicted molar refractivity (Wildman–Crippen MR) is 117 cm³/mol. The summed E-state index contributed by atoms with van der Waals surface area (Å²) < 4.78 is 5.85. The van der Waals surface area contributed by atoms with Crippen molar-refractivity contribution < 1.29 is 14.3 Å². The number of amides is 2. The Morgan fingerprint density at radius 2 is 1.63 bits per heavy atom. The van der Waals surface area contributed by atoms with Crippen molar-refractivity contribution >= 4 is 29.6 Å². The van der Waals surface area contributed by atoms with Gasteiger partial charge in [0.2, 0.25) is 0 Å². The topological polar surface area (TPSA) is 79.8 Å². The van der Waals surface area contributed by atoms with Crippen molar-refractivity contribution in [1.29, 1.82) is 0 Å². The Bertz CT molecular complexity index is 1040. The van der Waals surface area contributed by atoms with Gasteiger partial charge in [-0.15, -0.1) is 0 Å². The van der Waals surface area contributed by atoms with Gasteiger partial charge in [0, 0.05) is 5.56 Å². The summed E-state index contributed by atoms with van der Waals surface area (Å²) in [4.78, 5) is 24.0. The monoisotopic (exact) mass is 421 g/mol. The fourth-order valence-corrected chi connectivity index (χ4v) is 2.79. The summed E-state index contributed by atoms with van der Waals surface area (Å²) in [6, 6.07) is 23.8. The zero-order valence-corrected chi connectivity index (χ0v) is 16.8. The first-order valence-electron chi connectivity index (χ1n) is 9.24. The van der Waals surface area contributed by atoms with Gasteiger partial charge in [-0.25, -0.2) is 5.43 Å². The minimum atomic E-state index is -0.464. The van der Waals surface area contributed by atoms with Crippen molar-refractivity contribution in [1.82, 2.24) is 10.7 Å². The van der Waals surface area contributed by atoms with E-state index >= 15 is 0 Å². The van der Waals surface area contributed by atoms with E-state index in [0.717, 1.165) is 5.56 Å².